The van der Waals surface area contributed by atoms with Crippen LogP contribution >= 0.6 is 0 Å². The first kappa shape index (κ1) is 12.1. The van der Waals surface area contributed by atoms with Gasteiger partial charge in [-0.1, -0.05) is 0 Å². The number of anilines is 1. The number of oxazole rings is 1. The molecule has 1 aliphatic rings. The van der Waals surface area contributed by atoms with Crippen molar-refractivity contribution in [3.8, 4) is 0 Å². The molecule has 19 heavy (non-hydrogen) atoms. The van der Waals surface area contributed by atoms with Crippen LogP contribution < -0.4 is 10.6 Å². The number of amides is 1. The van der Waals surface area contributed by atoms with Crippen LogP contribution in [0.3, 0.4) is 0 Å². The van der Waals surface area contributed by atoms with Gasteiger partial charge in [-0.25, -0.2) is 4.98 Å². The second-order valence-corrected chi connectivity index (χ2v) is 4.79. The molecule has 100 valence electrons. The maximum atomic E-state index is 12.1. The molecule has 0 aliphatic carbocycles. The SMILES string of the molecule is CN1CCNC(C(=O)Nc2ccc3ncoc3c2)C1. The van der Waals surface area contributed by atoms with Gasteiger partial charge >= 0.3 is 0 Å². The second-order valence-electron chi connectivity index (χ2n) is 4.79. The van der Waals surface area contributed by atoms with Gasteiger partial charge in [0.05, 0.1) is 6.04 Å². The molecular formula is C13H16N4O2. The summed E-state index contributed by atoms with van der Waals surface area (Å²) in [6, 6.07) is 5.26. The number of carbonyl (C=O) groups is 1. The van der Waals surface area contributed by atoms with Crippen LogP contribution in [0.4, 0.5) is 5.69 Å². The molecule has 3 rings (SSSR count). The number of nitrogens with zero attached hydrogens (tertiary/aromatic N) is 2. The van der Waals surface area contributed by atoms with Crippen LogP contribution in [0.5, 0.6) is 0 Å². The number of piperazine rings is 1. The van der Waals surface area contributed by atoms with Crippen molar-refractivity contribution in [3.63, 3.8) is 0 Å². The number of carbonyl (C=O) groups excluding carboxylic acids is 1. The lowest BCUT2D eigenvalue weighted by molar-refractivity contribution is -0.119. The minimum Gasteiger partial charge on any atom is -0.443 e. The first-order valence-corrected chi connectivity index (χ1v) is 6.28. The average Bonchev–Trinajstić information content (AvgIpc) is 2.86. The molecule has 6 heteroatoms. The molecule has 1 amide bonds. The predicted octanol–water partition coefficient (Wildman–Crippen LogP) is 0.670. The highest BCUT2D eigenvalue weighted by molar-refractivity contribution is 5.96. The van der Waals surface area contributed by atoms with Crippen molar-refractivity contribution < 1.29 is 9.21 Å². The summed E-state index contributed by atoms with van der Waals surface area (Å²) in [6.07, 6.45) is 1.40. The number of benzene rings is 1. The monoisotopic (exact) mass is 260 g/mol. The van der Waals surface area contributed by atoms with Gasteiger partial charge in [-0.3, -0.25) is 4.79 Å². The summed E-state index contributed by atoms with van der Waals surface area (Å²) in [7, 11) is 2.02. The molecule has 1 fully saturated rings. The van der Waals surface area contributed by atoms with E-state index in [2.05, 4.69) is 20.5 Å². The summed E-state index contributed by atoms with van der Waals surface area (Å²) in [5.74, 6) is -0.0228. The maximum Gasteiger partial charge on any atom is 0.242 e. The van der Waals surface area contributed by atoms with Crippen molar-refractivity contribution in [3.05, 3.63) is 24.6 Å². The van der Waals surface area contributed by atoms with E-state index in [1.165, 1.54) is 6.39 Å². The Hall–Kier alpha value is -1.92. The highest BCUT2D eigenvalue weighted by Gasteiger charge is 2.23. The van der Waals surface area contributed by atoms with Gasteiger partial charge in [0.1, 0.15) is 5.52 Å². The lowest BCUT2D eigenvalue weighted by atomic mass is 10.2. The molecule has 6 nitrogen and oxygen atoms in total. The van der Waals surface area contributed by atoms with E-state index in [1.807, 2.05) is 19.2 Å². The standard InChI is InChI=1S/C13H16N4O2/c1-17-5-4-14-11(7-17)13(18)16-9-2-3-10-12(6-9)19-8-15-10/h2-3,6,8,11,14H,4-5,7H2,1H3,(H,16,18). The lowest BCUT2D eigenvalue weighted by Crippen LogP contribution is -2.54. The van der Waals surface area contributed by atoms with Gasteiger partial charge < -0.3 is 20.0 Å². The Balaban J connectivity index is 1.71. The van der Waals surface area contributed by atoms with E-state index in [9.17, 15) is 4.79 Å². The van der Waals surface area contributed by atoms with Crippen molar-refractivity contribution in [2.75, 3.05) is 32.0 Å². The third kappa shape index (κ3) is 2.59. The van der Waals surface area contributed by atoms with Gasteiger partial charge in [0.2, 0.25) is 5.91 Å². The number of hydrogen-bond donors (Lipinski definition) is 2. The zero-order valence-corrected chi connectivity index (χ0v) is 10.7. The molecule has 1 aromatic heterocycles. The zero-order valence-electron chi connectivity index (χ0n) is 10.7. The van der Waals surface area contributed by atoms with Gasteiger partial charge in [-0.15, -0.1) is 0 Å². The Kier molecular flexibility index (Phi) is 3.18. The molecule has 1 unspecified atom stereocenters. The molecule has 1 aromatic carbocycles. The molecule has 2 heterocycles. The van der Waals surface area contributed by atoms with E-state index >= 15 is 0 Å². The predicted molar refractivity (Wildman–Crippen MR) is 71.9 cm³/mol. The Morgan fingerprint density at radius 2 is 2.47 bits per heavy atom. The number of hydrogen-bond acceptors (Lipinski definition) is 5. The van der Waals surface area contributed by atoms with Gasteiger partial charge in [-0.05, 0) is 19.2 Å². The lowest BCUT2D eigenvalue weighted by Gasteiger charge is -2.29. The topological polar surface area (TPSA) is 70.4 Å². The number of likely N-dealkylation sites (N-methyl/N-ethyl adjacent to an activating group) is 1. The number of aromatic nitrogens is 1. The Labute approximate surface area is 110 Å². The van der Waals surface area contributed by atoms with E-state index < -0.39 is 0 Å². The molecule has 1 saturated heterocycles. The summed E-state index contributed by atoms with van der Waals surface area (Å²) in [4.78, 5) is 18.3. The third-order valence-corrected chi connectivity index (χ3v) is 3.29. The third-order valence-electron chi connectivity index (χ3n) is 3.29. The van der Waals surface area contributed by atoms with E-state index in [4.69, 9.17) is 4.42 Å². The van der Waals surface area contributed by atoms with Crippen LogP contribution in [0.25, 0.3) is 11.1 Å². The number of fused-ring (bicyclic) bond motifs is 1. The summed E-state index contributed by atoms with van der Waals surface area (Å²) in [6.45, 7) is 2.51. The summed E-state index contributed by atoms with van der Waals surface area (Å²) in [5.41, 5.74) is 2.18. The Morgan fingerprint density at radius 1 is 1.58 bits per heavy atom. The number of rotatable bonds is 2. The second kappa shape index (κ2) is 4.99. The van der Waals surface area contributed by atoms with E-state index in [-0.39, 0.29) is 11.9 Å². The van der Waals surface area contributed by atoms with Crippen molar-refractivity contribution in [2.45, 2.75) is 6.04 Å². The highest BCUT2D eigenvalue weighted by Crippen LogP contribution is 2.18. The van der Waals surface area contributed by atoms with Crippen LogP contribution in [0, 0.1) is 0 Å². The van der Waals surface area contributed by atoms with Crippen LogP contribution in [0.2, 0.25) is 0 Å². The molecule has 0 spiro atoms. The fourth-order valence-electron chi connectivity index (χ4n) is 2.23. The van der Waals surface area contributed by atoms with Crippen LogP contribution in [-0.4, -0.2) is 48.5 Å². The molecule has 2 aromatic rings. The summed E-state index contributed by atoms with van der Waals surface area (Å²) < 4.78 is 5.22. The number of nitrogens with one attached hydrogen (secondary N) is 2. The average molecular weight is 260 g/mol. The van der Waals surface area contributed by atoms with E-state index in [0.717, 1.165) is 30.8 Å². The quantitative estimate of drug-likeness (QED) is 0.830. The highest BCUT2D eigenvalue weighted by atomic mass is 16.3. The largest absolute Gasteiger partial charge is 0.443 e. The molecule has 1 atom stereocenters. The van der Waals surface area contributed by atoms with Gasteiger partial charge in [0.25, 0.3) is 0 Å². The zero-order chi connectivity index (χ0) is 13.2. The summed E-state index contributed by atoms with van der Waals surface area (Å²) in [5, 5.41) is 6.11. The van der Waals surface area contributed by atoms with E-state index in [0.29, 0.717) is 5.58 Å². The van der Waals surface area contributed by atoms with Crippen molar-refractivity contribution in [1.29, 1.82) is 0 Å². The summed E-state index contributed by atoms with van der Waals surface area (Å²) >= 11 is 0. The minimum absolute atomic E-state index is 0.0228. The van der Waals surface area contributed by atoms with Gasteiger partial charge in [0, 0.05) is 31.4 Å². The molecule has 0 saturated carbocycles. The van der Waals surface area contributed by atoms with Crippen molar-refractivity contribution in [2.24, 2.45) is 0 Å². The van der Waals surface area contributed by atoms with Crippen LogP contribution in [0.1, 0.15) is 0 Å². The van der Waals surface area contributed by atoms with Crippen molar-refractivity contribution in [1.82, 2.24) is 15.2 Å². The first-order valence-electron chi connectivity index (χ1n) is 6.28. The van der Waals surface area contributed by atoms with Gasteiger partial charge in [-0.2, -0.15) is 0 Å². The molecule has 0 bridgehead atoms. The fourth-order valence-corrected chi connectivity index (χ4v) is 2.23. The van der Waals surface area contributed by atoms with E-state index in [1.54, 1.807) is 6.07 Å². The molecule has 1 aliphatic heterocycles. The molecular weight excluding hydrogens is 244 g/mol. The van der Waals surface area contributed by atoms with Crippen LogP contribution in [-0.2, 0) is 4.79 Å². The first-order chi connectivity index (χ1) is 9.22. The maximum absolute atomic E-state index is 12.1. The Morgan fingerprint density at radius 3 is 3.32 bits per heavy atom. The van der Waals surface area contributed by atoms with Gasteiger partial charge in [0.15, 0.2) is 12.0 Å². The fraction of sp³-hybridized carbons (Fsp3) is 0.385. The molecule has 2 N–H and O–H groups in total. The minimum atomic E-state index is -0.177. The Bertz CT molecular complexity index is 595. The molecule has 0 radical (unpaired) electrons. The normalized spacial score (nSPS) is 20.6. The van der Waals surface area contributed by atoms with Crippen molar-refractivity contribution >= 4 is 22.7 Å². The smallest absolute Gasteiger partial charge is 0.242 e. The van der Waals surface area contributed by atoms with Crippen LogP contribution in [0.15, 0.2) is 29.0 Å².